The summed E-state index contributed by atoms with van der Waals surface area (Å²) in [4.78, 5) is 18.7. The number of carbonyl (C=O) groups excluding carboxylic acids is 1. The Bertz CT molecular complexity index is 422. The normalized spacial score (nSPS) is 16.0. The third kappa shape index (κ3) is 5.50. The van der Waals surface area contributed by atoms with Gasteiger partial charge in [0, 0.05) is 32.3 Å². The molecule has 0 unspecified atom stereocenters. The van der Waals surface area contributed by atoms with Gasteiger partial charge in [-0.15, -0.1) is 0 Å². The number of hydrogen-bond donors (Lipinski definition) is 1. The van der Waals surface area contributed by atoms with Gasteiger partial charge in [0.1, 0.15) is 6.54 Å². The van der Waals surface area contributed by atoms with E-state index in [1.165, 1.54) is 12.8 Å². The van der Waals surface area contributed by atoms with Crippen LogP contribution in [-0.2, 0) is 17.8 Å². The van der Waals surface area contributed by atoms with E-state index in [0.717, 1.165) is 57.6 Å². The molecule has 0 radical (unpaired) electrons. The Balaban J connectivity index is 1.77. The second kappa shape index (κ2) is 8.82. The standard InChI is InChI=1S/C16H28N4O/c1-2-8-17-9-7-15-12-19(14-18-15)13-16(21)20-10-5-3-4-6-11-20/h12,14,17H,2-11,13H2,1H3. The number of nitrogens with zero attached hydrogens (tertiary/aromatic N) is 3. The van der Waals surface area contributed by atoms with Crippen LogP contribution in [0.1, 0.15) is 44.7 Å². The Kier molecular flexibility index (Phi) is 6.73. The Morgan fingerprint density at radius 2 is 2.00 bits per heavy atom. The lowest BCUT2D eigenvalue weighted by Gasteiger charge is -2.20. The number of nitrogens with one attached hydrogen (secondary N) is 1. The molecule has 1 fully saturated rings. The minimum Gasteiger partial charge on any atom is -0.341 e. The number of amides is 1. The van der Waals surface area contributed by atoms with Crippen LogP contribution in [0.25, 0.3) is 0 Å². The van der Waals surface area contributed by atoms with E-state index in [9.17, 15) is 4.79 Å². The molecule has 0 saturated carbocycles. The summed E-state index contributed by atoms with van der Waals surface area (Å²) < 4.78 is 1.92. The summed E-state index contributed by atoms with van der Waals surface area (Å²) in [6, 6.07) is 0. The van der Waals surface area contributed by atoms with E-state index in [2.05, 4.69) is 17.2 Å². The van der Waals surface area contributed by atoms with Crippen molar-refractivity contribution in [2.75, 3.05) is 26.2 Å². The second-order valence-corrected chi connectivity index (χ2v) is 5.83. The number of imidazole rings is 1. The van der Waals surface area contributed by atoms with E-state index >= 15 is 0 Å². The Morgan fingerprint density at radius 3 is 2.71 bits per heavy atom. The zero-order valence-electron chi connectivity index (χ0n) is 13.2. The first kappa shape index (κ1) is 16.0. The predicted molar refractivity (Wildman–Crippen MR) is 84.1 cm³/mol. The van der Waals surface area contributed by atoms with Crippen LogP contribution < -0.4 is 5.32 Å². The molecule has 1 N–H and O–H groups in total. The molecule has 0 spiro atoms. The molecular weight excluding hydrogens is 264 g/mol. The number of likely N-dealkylation sites (tertiary alicyclic amines) is 1. The van der Waals surface area contributed by atoms with Crippen LogP contribution in [0, 0.1) is 0 Å². The zero-order chi connectivity index (χ0) is 14.9. The van der Waals surface area contributed by atoms with E-state index in [-0.39, 0.29) is 5.91 Å². The smallest absolute Gasteiger partial charge is 0.242 e. The summed E-state index contributed by atoms with van der Waals surface area (Å²) in [5.74, 6) is 0.227. The quantitative estimate of drug-likeness (QED) is 0.780. The topological polar surface area (TPSA) is 50.2 Å². The van der Waals surface area contributed by atoms with Gasteiger partial charge in [-0.25, -0.2) is 4.98 Å². The first-order valence-electron chi connectivity index (χ1n) is 8.28. The number of aromatic nitrogens is 2. The average molecular weight is 292 g/mol. The number of rotatable bonds is 7. The van der Waals surface area contributed by atoms with Crippen LogP contribution >= 0.6 is 0 Å². The van der Waals surface area contributed by atoms with Crippen LogP contribution in [-0.4, -0.2) is 46.5 Å². The van der Waals surface area contributed by atoms with Crippen molar-refractivity contribution in [3.05, 3.63) is 18.2 Å². The molecule has 1 aliphatic rings. The molecule has 118 valence electrons. The van der Waals surface area contributed by atoms with Crippen molar-refractivity contribution in [1.29, 1.82) is 0 Å². The molecule has 5 nitrogen and oxygen atoms in total. The lowest BCUT2D eigenvalue weighted by atomic mass is 10.2. The highest BCUT2D eigenvalue weighted by Gasteiger charge is 2.15. The first-order chi connectivity index (χ1) is 10.3. The summed E-state index contributed by atoms with van der Waals surface area (Å²) in [5.41, 5.74) is 1.06. The maximum atomic E-state index is 12.3. The van der Waals surface area contributed by atoms with Crippen molar-refractivity contribution < 1.29 is 4.79 Å². The molecule has 0 aromatic carbocycles. The minimum atomic E-state index is 0.227. The van der Waals surface area contributed by atoms with Gasteiger partial charge in [0.05, 0.1) is 12.0 Å². The van der Waals surface area contributed by atoms with Crippen LogP contribution in [0.3, 0.4) is 0 Å². The van der Waals surface area contributed by atoms with E-state index in [1.54, 1.807) is 6.33 Å². The third-order valence-corrected chi connectivity index (χ3v) is 3.95. The molecule has 1 aromatic rings. The lowest BCUT2D eigenvalue weighted by molar-refractivity contribution is -0.131. The maximum Gasteiger partial charge on any atom is 0.242 e. The average Bonchev–Trinajstić information content (AvgIpc) is 2.76. The maximum absolute atomic E-state index is 12.3. The SMILES string of the molecule is CCCNCCc1cn(CC(=O)N2CCCCCC2)cn1. The first-order valence-corrected chi connectivity index (χ1v) is 8.28. The molecule has 1 amide bonds. The highest BCUT2D eigenvalue weighted by Crippen LogP contribution is 2.10. The lowest BCUT2D eigenvalue weighted by Crippen LogP contribution is -2.34. The van der Waals surface area contributed by atoms with Gasteiger partial charge in [0.2, 0.25) is 5.91 Å². The van der Waals surface area contributed by atoms with Crippen molar-refractivity contribution in [1.82, 2.24) is 19.8 Å². The van der Waals surface area contributed by atoms with Crippen molar-refractivity contribution in [3.8, 4) is 0 Å². The van der Waals surface area contributed by atoms with Gasteiger partial charge in [-0.05, 0) is 25.8 Å². The molecule has 21 heavy (non-hydrogen) atoms. The molecule has 1 aromatic heterocycles. The van der Waals surface area contributed by atoms with Crippen LogP contribution in [0.2, 0.25) is 0 Å². The fourth-order valence-electron chi connectivity index (χ4n) is 2.72. The van der Waals surface area contributed by atoms with Gasteiger partial charge in [-0.2, -0.15) is 0 Å². The summed E-state index contributed by atoms with van der Waals surface area (Å²) in [7, 11) is 0. The monoisotopic (exact) mass is 292 g/mol. The Morgan fingerprint density at radius 1 is 1.24 bits per heavy atom. The summed E-state index contributed by atoms with van der Waals surface area (Å²) >= 11 is 0. The molecular formula is C16H28N4O. The van der Waals surface area contributed by atoms with E-state index < -0.39 is 0 Å². The summed E-state index contributed by atoms with van der Waals surface area (Å²) in [6.07, 6.45) is 10.7. The Hall–Kier alpha value is -1.36. The van der Waals surface area contributed by atoms with E-state index in [4.69, 9.17) is 0 Å². The predicted octanol–water partition coefficient (Wildman–Crippen LogP) is 1.83. The van der Waals surface area contributed by atoms with Gasteiger partial charge in [-0.3, -0.25) is 4.79 Å². The summed E-state index contributed by atoms with van der Waals surface area (Å²) in [5, 5.41) is 3.37. The van der Waals surface area contributed by atoms with Crippen LogP contribution in [0.15, 0.2) is 12.5 Å². The molecule has 1 aliphatic heterocycles. The van der Waals surface area contributed by atoms with Gasteiger partial charge in [0.25, 0.3) is 0 Å². The molecule has 1 saturated heterocycles. The molecule has 5 heteroatoms. The fraction of sp³-hybridized carbons (Fsp3) is 0.750. The highest BCUT2D eigenvalue weighted by atomic mass is 16.2. The minimum absolute atomic E-state index is 0.227. The van der Waals surface area contributed by atoms with Gasteiger partial charge in [0.15, 0.2) is 0 Å². The van der Waals surface area contributed by atoms with Gasteiger partial charge in [-0.1, -0.05) is 19.8 Å². The third-order valence-electron chi connectivity index (χ3n) is 3.95. The van der Waals surface area contributed by atoms with E-state index in [1.807, 2.05) is 15.7 Å². The summed E-state index contributed by atoms with van der Waals surface area (Å²) in [6.45, 7) is 6.42. The number of hydrogen-bond acceptors (Lipinski definition) is 3. The van der Waals surface area contributed by atoms with E-state index in [0.29, 0.717) is 6.54 Å². The molecule has 2 rings (SSSR count). The fourth-order valence-corrected chi connectivity index (χ4v) is 2.72. The second-order valence-electron chi connectivity index (χ2n) is 5.83. The molecule has 2 heterocycles. The van der Waals surface area contributed by atoms with Crippen molar-refractivity contribution in [3.63, 3.8) is 0 Å². The number of carbonyl (C=O) groups is 1. The van der Waals surface area contributed by atoms with Crippen LogP contribution in [0.4, 0.5) is 0 Å². The van der Waals surface area contributed by atoms with Crippen molar-refractivity contribution in [2.24, 2.45) is 0 Å². The zero-order valence-corrected chi connectivity index (χ0v) is 13.2. The van der Waals surface area contributed by atoms with Crippen molar-refractivity contribution >= 4 is 5.91 Å². The molecule has 0 aliphatic carbocycles. The largest absolute Gasteiger partial charge is 0.341 e. The highest BCUT2D eigenvalue weighted by molar-refractivity contribution is 5.76. The van der Waals surface area contributed by atoms with Gasteiger partial charge >= 0.3 is 0 Å². The molecule has 0 atom stereocenters. The van der Waals surface area contributed by atoms with Gasteiger partial charge < -0.3 is 14.8 Å². The van der Waals surface area contributed by atoms with Crippen LogP contribution in [0.5, 0.6) is 0 Å². The van der Waals surface area contributed by atoms with Crippen molar-refractivity contribution in [2.45, 2.75) is 52.0 Å². The molecule has 0 bridgehead atoms. The Labute approximate surface area is 127 Å².